The quantitative estimate of drug-likeness (QED) is 0.679. The molecule has 0 radical (unpaired) electrons. The van der Waals surface area contributed by atoms with Crippen molar-refractivity contribution < 1.29 is 9.09 Å². The molecular formula is C10H22NO2PS. The SMILES string of the molecule is CN(C)CCS[P@@](C)(=O)OC1CCCC1. The molecule has 0 heterocycles. The van der Waals surface area contributed by atoms with Gasteiger partial charge in [-0.1, -0.05) is 24.2 Å². The van der Waals surface area contributed by atoms with E-state index in [-0.39, 0.29) is 6.10 Å². The van der Waals surface area contributed by atoms with E-state index in [1.54, 1.807) is 6.66 Å². The summed E-state index contributed by atoms with van der Waals surface area (Å²) in [4.78, 5) is 2.10. The van der Waals surface area contributed by atoms with Crippen LogP contribution in [0.2, 0.25) is 0 Å². The van der Waals surface area contributed by atoms with Gasteiger partial charge in [-0.05, 0) is 26.9 Å². The van der Waals surface area contributed by atoms with Crippen molar-refractivity contribution in [3.8, 4) is 0 Å². The first kappa shape index (κ1) is 13.6. The van der Waals surface area contributed by atoms with Crippen LogP contribution >= 0.6 is 18.0 Å². The van der Waals surface area contributed by atoms with Gasteiger partial charge < -0.3 is 9.42 Å². The van der Waals surface area contributed by atoms with Crippen molar-refractivity contribution in [3.05, 3.63) is 0 Å². The fourth-order valence-electron chi connectivity index (χ4n) is 1.68. The van der Waals surface area contributed by atoms with Crippen molar-refractivity contribution in [1.82, 2.24) is 4.90 Å². The molecule has 1 aliphatic rings. The number of rotatable bonds is 6. The highest BCUT2D eigenvalue weighted by Crippen LogP contribution is 2.58. The Bertz CT molecular complexity index is 229. The zero-order valence-electron chi connectivity index (χ0n) is 9.94. The van der Waals surface area contributed by atoms with Gasteiger partial charge in [0.1, 0.15) is 0 Å². The van der Waals surface area contributed by atoms with Crippen molar-refractivity contribution in [2.24, 2.45) is 0 Å². The van der Waals surface area contributed by atoms with Crippen LogP contribution in [-0.4, -0.2) is 44.1 Å². The maximum absolute atomic E-state index is 12.1. The van der Waals surface area contributed by atoms with E-state index in [1.807, 2.05) is 14.1 Å². The minimum Gasteiger partial charge on any atom is -0.318 e. The minimum atomic E-state index is -2.41. The molecule has 0 N–H and O–H groups in total. The second-order valence-electron chi connectivity index (χ2n) is 4.42. The molecule has 0 aliphatic heterocycles. The first-order valence-corrected chi connectivity index (χ1v) is 9.21. The molecule has 0 aromatic heterocycles. The molecular weight excluding hydrogens is 229 g/mol. The van der Waals surface area contributed by atoms with Gasteiger partial charge in [-0.3, -0.25) is 4.57 Å². The lowest BCUT2D eigenvalue weighted by Crippen LogP contribution is -2.15. The largest absolute Gasteiger partial charge is 0.318 e. The first-order chi connectivity index (χ1) is 6.99. The predicted molar refractivity (Wildman–Crippen MR) is 67.9 cm³/mol. The predicted octanol–water partition coefficient (Wildman–Crippen LogP) is 3.06. The lowest BCUT2D eigenvalue weighted by Gasteiger charge is -2.18. The normalized spacial score (nSPS) is 22.1. The Kier molecular flexibility index (Phi) is 5.69. The van der Waals surface area contributed by atoms with Crippen molar-refractivity contribution in [2.75, 3.05) is 33.1 Å². The van der Waals surface area contributed by atoms with Gasteiger partial charge in [0.05, 0.1) is 6.10 Å². The van der Waals surface area contributed by atoms with E-state index in [9.17, 15) is 4.57 Å². The van der Waals surface area contributed by atoms with Crippen LogP contribution in [0.3, 0.4) is 0 Å². The van der Waals surface area contributed by atoms with E-state index in [4.69, 9.17) is 4.52 Å². The second kappa shape index (κ2) is 6.29. The first-order valence-electron chi connectivity index (χ1n) is 5.55. The smallest absolute Gasteiger partial charge is 0.255 e. The van der Waals surface area contributed by atoms with Crippen molar-refractivity contribution in [2.45, 2.75) is 31.8 Å². The van der Waals surface area contributed by atoms with Gasteiger partial charge in [0.2, 0.25) is 0 Å². The summed E-state index contributed by atoms with van der Waals surface area (Å²) in [7, 11) is 4.05. The highest BCUT2D eigenvalue weighted by Gasteiger charge is 2.25. The molecule has 3 nitrogen and oxygen atoms in total. The van der Waals surface area contributed by atoms with Gasteiger partial charge in [0.15, 0.2) is 0 Å². The van der Waals surface area contributed by atoms with Crippen LogP contribution in [0.4, 0.5) is 0 Å². The molecule has 1 aliphatic carbocycles. The van der Waals surface area contributed by atoms with Crippen LogP contribution in [0.1, 0.15) is 25.7 Å². The van der Waals surface area contributed by atoms with Crippen LogP contribution in [0, 0.1) is 0 Å². The Morgan fingerprint density at radius 2 is 2.00 bits per heavy atom. The van der Waals surface area contributed by atoms with Gasteiger partial charge in [-0.2, -0.15) is 0 Å². The summed E-state index contributed by atoms with van der Waals surface area (Å²) < 4.78 is 17.8. The molecule has 1 fully saturated rings. The third-order valence-electron chi connectivity index (χ3n) is 2.51. The Balaban J connectivity index is 2.21. The molecule has 0 spiro atoms. The monoisotopic (exact) mass is 251 g/mol. The summed E-state index contributed by atoms with van der Waals surface area (Å²) in [6, 6.07) is 0. The molecule has 1 rings (SSSR count). The van der Waals surface area contributed by atoms with Crippen LogP contribution in [0.25, 0.3) is 0 Å². The molecule has 15 heavy (non-hydrogen) atoms. The minimum absolute atomic E-state index is 0.257. The summed E-state index contributed by atoms with van der Waals surface area (Å²) in [6.07, 6.45) is 4.89. The van der Waals surface area contributed by atoms with E-state index in [0.717, 1.165) is 25.1 Å². The van der Waals surface area contributed by atoms with Crippen LogP contribution in [0.15, 0.2) is 0 Å². The summed E-state index contributed by atoms with van der Waals surface area (Å²) in [5, 5.41) is 0. The third kappa shape index (κ3) is 5.96. The summed E-state index contributed by atoms with van der Waals surface area (Å²) >= 11 is 1.49. The zero-order chi connectivity index (χ0) is 11.3. The van der Waals surface area contributed by atoms with Crippen LogP contribution in [-0.2, 0) is 9.09 Å². The summed E-state index contributed by atoms with van der Waals surface area (Å²) in [6.45, 7) is 0.303. The second-order valence-corrected chi connectivity index (χ2v) is 9.60. The van der Waals surface area contributed by atoms with Gasteiger partial charge in [-0.15, -0.1) is 0 Å². The molecule has 0 amide bonds. The number of hydrogen-bond acceptors (Lipinski definition) is 4. The van der Waals surface area contributed by atoms with E-state index in [0.29, 0.717) is 0 Å². The topological polar surface area (TPSA) is 29.5 Å². The molecule has 90 valence electrons. The highest BCUT2D eigenvalue weighted by molar-refractivity contribution is 8.56. The highest BCUT2D eigenvalue weighted by atomic mass is 32.7. The lowest BCUT2D eigenvalue weighted by atomic mass is 10.3. The lowest BCUT2D eigenvalue weighted by molar-refractivity contribution is 0.222. The van der Waals surface area contributed by atoms with Crippen molar-refractivity contribution in [3.63, 3.8) is 0 Å². The van der Waals surface area contributed by atoms with Gasteiger partial charge in [0, 0.05) is 19.0 Å². The molecule has 0 saturated heterocycles. The zero-order valence-corrected chi connectivity index (χ0v) is 11.7. The average Bonchev–Trinajstić information content (AvgIpc) is 2.54. The van der Waals surface area contributed by atoms with E-state index in [1.165, 1.54) is 24.2 Å². The maximum atomic E-state index is 12.1. The van der Waals surface area contributed by atoms with E-state index < -0.39 is 6.57 Å². The fraction of sp³-hybridized carbons (Fsp3) is 1.00. The van der Waals surface area contributed by atoms with Gasteiger partial charge >= 0.3 is 0 Å². The maximum Gasteiger partial charge on any atom is 0.255 e. The van der Waals surface area contributed by atoms with Crippen LogP contribution < -0.4 is 0 Å². The Morgan fingerprint density at radius 1 is 1.40 bits per heavy atom. The average molecular weight is 251 g/mol. The summed E-state index contributed by atoms with van der Waals surface area (Å²) in [5.41, 5.74) is 0. The van der Waals surface area contributed by atoms with Gasteiger partial charge in [-0.25, -0.2) is 0 Å². The van der Waals surface area contributed by atoms with Crippen molar-refractivity contribution in [1.29, 1.82) is 0 Å². The fourth-order valence-corrected chi connectivity index (χ4v) is 5.06. The van der Waals surface area contributed by atoms with Gasteiger partial charge in [0.25, 0.3) is 6.57 Å². The molecule has 0 aromatic carbocycles. The summed E-state index contributed by atoms with van der Waals surface area (Å²) in [5.74, 6) is 0.882. The van der Waals surface area contributed by atoms with E-state index in [2.05, 4.69) is 4.90 Å². The Labute approximate surface area is 97.1 Å². The third-order valence-corrected chi connectivity index (χ3v) is 6.24. The Hall–Kier alpha value is 0.500. The number of nitrogens with zero attached hydrogens (tertiary/aromatic N) is 1. The number of hydrogen-bond donors (Lipinski definition) is 0. The van der Waals surface area contributed by atoms with Crippen molar-refractivity contribution >= 4 is 18.0 Å². The Morgan fingerprint density at radius 3 is 2.53 bits per heavy atom. The standard InChI is InChI=1S/C10H22NO2PS/c1-11(2)8-9-15-14(3,12)13-10-6-4-5-7-10/h10H,4-9H2,1-3H3/t14-/m0/s1. The van der Waals surface area contributed by atoms with Crippen LogP contribution in [0.5, 0.6) is 0 Å². The van der Waals surface area contributed by atoms with E-state index >= 15 is 0 Å². The molecule has 1 atom stereocenters. The molecule has 0 aromatic rings. The molecule has 5 heteroatoms. The molecule has 0 unspecified atom stereocenters. The molecule has 0 bridgehead atoms. The molecule has 1 saturated carbocycles.